The van der Waals surface area contributed by atoms with Gasteiger partial charge in [0.1, 0.15) is 28.7 Å². The van der Waals surface area contributed by atoms with Crippen LogP contribution in [0.4, 0.5) is 26.8 Å². The second-order valence-corrected chi connectivity index (χ2v) is 13.2. The van der Waals surface area contributed by atoms with Gasteiger partial charge in [0.2, 0.25) is 0 Å². The molecule has 0 bridgehead atoms. The number of amides is 2. The first-order valence-electron chi connectivity index (χ1n) is 15.2. The van der Waals surface area contributed by atoms with Crippen LogP contribution in [-0.4, -0.2) is 57.0 Å². The van der Waals surface area contributed by atoms with Crippen molar-refractivity contribution in [2.24, 2.45) is 0 Å². The molecule has 0 unspecified atom stereocenters. The van der Waals surface area contributed by atoms with Crippen molar-refractivity contribution < 1.29 is 19.1 Å². The number of hydrogen-bond donors (Lipinski definition) is 1. The molecule has 2 aromatic heterocycles. The minimum Gasteiger partial charge on any atom is -0.444 e. The fraction of sp³-hybridized carbons (Fsp3) is 0.371. The van der Waals surface area contributed by atoms with Crippen molar-refractivity contribution in [1.82, 2.24) is 14.5 Å². The number of nitriles is 1. The Bertz CT molecular complexity index is 1710. The molecule has 10 nitrogen and oxygen atoms in total. The summed E-state index contributed by atoms with van der Waals surface area (Å²) in [4.78, 5) is 29.9. The van der Waals surface area contributed by atoms with E-state index in [4.69, 9.17) is 9.47 Å². The van der Waals surface area contributed by atoms with Gasteiger partial charge < -0.3 is 19.7 Å². The van der Waals surface area contributed by atoms with E-state index in [1.807, 2.05) is 96.1 Å². The number of nitrogens with zero attached hydrogens (tertiary/aromatic N) is 5. The highest BCUT2D eigenvalue weighted by Crippen LogP contribution is 2.35. The van der Waals surface area contributed by atoms with Gasteiger partial charge in [-0.3, -0.25) is 0 Å². The summed E-state index contributed by atoms with van der Waals surface area (Å²) < 4.78 is 13.1. The van der Waals surface area contributed by atoms with Crippen LogP contribution in [0.15, 0.2) is 72.9 Å². The summed E-state index contributed by atoms with van der Waals surface area (Å²) in [5, 5.41) is 18.3. The number of rotatable bonds is 5. The maximum Gasteiger partial charge on any atom is 0.420 e. The number of piperidine rings is 1. The van der Waals surface area contributed by atoms with Crippen LogP contribution >= 0.6 is 0 Å². The van der Waals surface area contributed by atoms with Crippen LogP contribution in [0, 0.1) is 11.3 Å². The first kappa shape index (κ1) is 31.4. The van der Waals surface area contributed by atoms with E-state index in [9.17, 15) is 14.9 Å². The lowest BCUT2D eigenvalue weighted by molar-refractivity contribution is 0.0206. The summed E-state index contributed by atoms with van der Waals surface area (Å²) in [6.07, 6.45) is 2.21. The van der Waals surface area contributed by atoms with Gasteiger partial charge >= 0.3 is 12.2 Å². The van der Waals surface area contributed by atoms with Crippen molar-refractivity contribution in [2.75, 3.05) is 23.3 Å². The average molecular weight is 609 g/mol. The fourth-order valence-corrected chi connectivity index (χ4v) is 5.35. The number of benzene rings is 2. The number of pyridine rings is 1. The molecule has 1 saturated heterocycles. The quantitative estimate of drug-likeness (QED) is 0.246. The second kappa shape index (κ2) is 12.5. The van der Waals surface area contributed by atoms with E-state index in [2.05, 4.69) is 16.5 Å². The Morgan fingerprint density at radius 1 is 0.956 bits per heavy atom. The molecule has 5 rings (SSSR count). The number of likely N-dealkylation sites (tertiary alicyclic amines) is 1. The fourth-order valence-electron chi connectivity index (χ4n) is 5.35. The molecule has 1 N–H and O–H groups in total. The molecule has 10 heteroatoms. The van der Waals surface area contributed by atoms with Crippen LogP contribution in [0.2, 0.25) is 0 Å². The third-order valence-electron chi connectivity index (χ3n) is 7.24. The Hall–Kier alpha value is -5.04. The van der Waals surface area contributed by atoms with Crippen LogP contribution in [0.25, 0.3) is 16.6 Å². The molecule has 4 aromatic rings. The van der Waals surface area contributed by atoms with Crippen molar-refractivity contribution in [3.8, 4) is 17.2 Å². The van der Waals surface area contributed by atoms with Gasteiger partial charge in [-0.05, 0) is 83.7 Å². The number of nitrogens with one attached hydrogen (secondary N) is 1. The van der Waals surface area contributed by atoms with Gasteiger partial charge in [0.15, 0.2) is 0 Å². The van der Waals surface area contributed by atoms with Gasteiger partial charge in [0.05, 0.1) is 23.1 Å². The maximum atomic E-state index is 13.9. The highest BCUT2D eigenvalue weighted by atomic mass is 16.6. The van der Waals surface area contributed by atoms with E-state index in [1.165, 1.54) is 4.90 Å². The molecule has 0 aliphatic carbocycles. The molecule has 234 valence electrons. The summed E-state index contributed by atoms with van der Waals surface area (Å²) in [6.45, 7) is 12.0. The van der Waals surface area contributed by atoms with E-state index in [-0.39, 0.29) is 12.1 Å². The summed E-state index contributed by atoms with van der Waals surface area (Å²) in [5.74, 6) is 0.401. The van der Waals surface area contributed by atoms with Crippen LogP contribution < -0.4 is 10.2 Å². The minimum atomic E-state index is -0.760. The Morgan fingerprint density at radius 2 is 1.62 bits per heavy atom. The van der Waals surface area contributed by atoms with Gasteiger partial charge in [0, 0.05) is 25.2 Å². The SMILES string of the molecule is CC(C)(C)OC(=O)N1CCC[C@H](Nc2cc(N(C(=O)OC(C)(C)C)c3ccc(-c4ccccc4)cc3)n3nccc3c2C#N)C1. The lowest BCUT2D eigenvalue weighted by Gasteiger charge is -2.35. The van der Waals surface area contributed by atoms with Gasteiger partial charge in [-0.2, -0.15) is 10.4 Å². The first-order valence-corrected chi connectivity index (χ1v) is 15.2. The molecule has 1 aliphatic heterocycles. The molecular formula is C35H40N6O4. The molecular weight excluding hydrogens is 568 g/mol. The van der Waals surface area contributed by atoms with E-state index in [0.29, 0.717) is 41.4 Å². The van der Waals surface area contributed by atoms with E-state index >= 15 is 0 Å². The van der Waals surface area contributed by atoms with Crippen molar-refractivity contribution >= 4 is 34.9 Å². The van der Waals surface area contributed by atoms with Crippen molar-refractivity contribution in [1.29, 1.82) is 5.26 Å². The van der Waals surface area contributed by atoms with Gasteiger partial charge in [-0.25, -0.2) is 19.0 Å². The normalized spacial score (nSPS) is 15.3. The van der Waals surface area contributed by atoms with Crippen molar-refractivity contribution in [3.05, 3.63) is 78.5 Å². The van der Waals surface area contributed by atoms with E-state index < -0.39 is 17.3 Å². The Kier molecular flexibility index (Phi) is 8.73. The van der Waals surface area contributed by atoms with Crippen molar-refractivity contribution in [3.63, 3.8) is 0 Å². The summed E-state index contributed by atoms with van der Waals surface area (Å²) in [6, 6.07) is 23.3. The second-order valence-electron chi connectivity index (χ2n) is 13.2. The standard InChI is InChI=1S/C35H40N6O4/c1-34(2,3)44-32(42)39-20-10-13-26(23-39)38-29-21-31(41-30(18-19-37-41)28(29)22-36)40(33(43)45-35(4,5)6)27-16-14-25(15-17-27)24-11-8-7-9-12-24/h7-9,11-12,14-19,21,26,38H,10,13,20,23H2,1-6H3/t26-/m0/s1. The van der Waals surface area contributed by atoms with Crippen molar-refractivity contribution in [2.45, 2.75) is 71.6 Å². The molecule has 0 radical (unpaired) electrons. The Morgan fingerprint density at radius 3 is 2.27 bits per heavy atom. The molecule has 1 atom stereocenters. The topological polar surface area (TPSA) is 112 Å². The number of anilines is 3. The molecule has 0 spiro atoms. The number of fused-ring (bicyclic) bond motifs is 1. The number of carbonyl (C=O) groups is 2. The zero-order valence-corrected chi connectivity index (χ0v) is 26.7. The largest absolute Gasteiger partial charge is 0.444 e. The van der Waals surface area contributed by atoms with Crippen LogP contribution in [0.1, 0.15) is 59.9 Å². The average Bonchev–Trinajstić information content (AvgIpc) is 3.47. The number of ether oxygens (including phenoxy) is 2. The first-order chi connectivity index (χ1) is 21.3. The lowest BCUT2D eigenvalue weighted by atomic mass is 10.0. The maximum absolute atomic E-state index is 13.9. The third-order valence-corrected chi connectivity index (χ3v) is 7.24. The monoisotopic (exact) mass is 608 g/mol. The predicted molar refractivity (Wildman–Crippen MR) is 175 cm³/mol. The van der Waals surface area contributed by atoms with Crippen LogP contribution in [-0.2, 0) is 9.47 Å². The molecule has 2 amide bonds. The molecule has 0 saturated carbocycles. The summed E-state index contributed by atoms with van der Waals surface area (Å²) >= 11 is 0. The van der Waals surface area contributed by atoms with Gasteiger partial charge in [-0.1, -0.05) is 42.5 Å². The summed E-state index contributed by atoms with van der Waals surface area (Å²) in [7, 11) is 0. The summed E-state index contributed by atoms with van der Waals surface area (Å²) in [5.41, 5.74) is 2.72. The number of aromatic nitrogens is 2. The molecule has 2 aromatic carbocycles. The lowest BCUT2D eigenvalue weighted by Crippen LogP contribution is -2.47. The Labute approximate surface area is 264 Å². The van der Waals surface area contributed by atoms with E-state index in [1.54, 1.807) is 27.7 Å². The smallest absolute Gasteiger partial charge is 0.420 e. The third kappa shape index (κ3) is 7.37. The predicted octanol–water partition coefficient (Wildman–Crippen LogP) is 7.76. The van der Waals surface area contributed by atoms with E-state index in [0.717, 1.165) is 24.0 Å². The van der Waals surface area contributed by atoms with Crippen LogP contribution in [0.5, 0.6) is 0 Å². The molecule has 1 fully saturated rings. The minimum absolute atomic E-state index is 0.142. The zero-order valence-electron chi connectivity index (χ0n) is 26.7. The number of carbonyl (C=O) groups excluding carboxylic acids is 2. The Balaban J connectivity index is 1.55. The van der Waals surface area contributed by atoms with Crippen LogP contribution in [0.3, 0.4) is 0 Å². The molecule has 1 aliphatic rings. The van der Waals surface area contributed by atoms with Gasteiger partial charge in [0.25, 0.3) is 0 Å². The number of hydrogen-bond acceptors (Lipinski definition) is 7. The highest BCUT2D eigenvalue weighted by molar-refractivity contribution is 5.97. The molecule has 3 heterocycles. The van der Waals surface area contributed by atoms with Gasteiger partial charge in [-0.15, -0.1) is 0 Å². The molecule has 45 heavy (non-hydrogen) atoms. The highest BCUT2D eigenvalue weighted by Gasteiger charge is 2.31. The zero-order chi connectivity index (χ0) is 32.4.